The molecule has 3 aromatic rings. The number of benzene rings is 2. The number of halogens is 1. The molecule has 4 rings (SSSR count). The van der Waals surface area contributed by atoms with Crippen molar-refractivity contribution >= 4 is 23.2 Å². The summed E-state index contributed by atoms with van der Waals surface area (Å²) in [4.78, 5) is 26.0. The Morgan fingerprint density at radius 2 is 1.94 bits per heavy atom. The highest BCUT2D eigenvalue weighted by Gasteiger charge is 2.20. The van der Waals surface area contributed by atoms with E-state index in [2.05, 4.69) is 15.3 Å². The molecule has 0 radical (unpaired) electrons. The molecule has 0 atom stereocenters. The summed E-state index contributed by atoms with van der Waals surface area (Å²) in [7, 11) is 0. The second-order valence-corrected chi connectivity index (χ2v) is 7.70. The maximum Gasteiger partial charge on any atom is 0.271 e. The van der Waals surface area contributed by atoms with Gasteiger partial charge in [0, 0.05) is 43.9 Å². The molecule has 166 valence electrons. The summed E-state index contributed by atoms with van der Waals surface area (Å²) >= 11 is 6.33. The van der Waals surface area contributed by atoms with Gasteiger partial charge in [0.2, 0.25) is 0 Å². The minimum Gasteiger partial charge on any atom is -0.379 e. The molecule has 1 aliphatic rings. The van der Waals surface area contributed by atoms with E-state index in [9.17, 15) is 14.9 Å². The van der Waals surface area contributed by atoms with Crippen molar-refractivity contribution in [3.63, 3.8) is 0 Å². The molecule has 1 aliphatic heterocycles. The van der Waals surface area contributed by atoms with Crippen LogP contribution in [0.25, 0.3) is 16.9 Å². The lowest BCUT2D eigenvalue weighted by atomic mass is 10.1. The average Bonchev–Trinajstić information content (AvgIpc) is 3.25. The quantitative estimate of drug-likeness (QED) is 0.433. The zero-order valence-electron chi connectivity index (χ0n) is 17.2. The summed E-state index contributed by atoms with van der Waals surface area (Å²) in [5.41, 5.74) is 1.76. The molecule has 1 amide bonds. The van der Waals surface area contributed by atoms with Gasteiger partial charge in [-0.3, -0.25) is 19.8 Å². The van der Waals surface area contributed by atoms with Gasteiger partial charge in [-0.15, -0.1) is 0 Å². The maximum atomic E-state index is 13.0. The van der Waals surface area contributed by atoms with Crippen LogP contribution in [-0.2, 0) is 4.74 Å². The average molecular weight is 456 g/mol. The van der Waals surface area contributed by atoms with Crippen LogP contribution < -0.4 is 5.32 Å². The normalized spacial score (nSPS) is 14.3. The van der Waals surface area contributed by atoms with Crippen LogP contribution in [0.4, 0.5) is 5.69 Å². The number of non-ortho nitro benzene ring substituents is 1. The van der Waals surface area contributed by atoms with Gasteiger partial charge >= 0.3 is 0 Å². The van der Waals surface area contributed by atoms with E-state index in [1.54, 1.807) is 24.3 Å². The Morgan fingerprint density at radius 1 is 1.16 bits per heavy atom. The van der Waals surface area contributed by atoms with E-state index in [1.165, 1.54) is 16.8 Å². The molecule has 0 unspecified atom stereocenters. The molecule has 32 heavy (non-hydrogen) atoms. The molecule has 10 heteroatoms. The molecule has 1 fully saturated rings. The number of nitrogens with zero attached hydrogens (tertiary/aromatic N) is 4. The number of carbonyl (C=O) groups excluding carboxylic acids is 1. The Balaban J connectivity index is 1.63. The molecule has 2 heterocycles. The molecule has 1 saturated heterocycles. The van der Waals surface area contributed by atoms with E-state index in [1.807, 2.05) is 18.2 Å². The van der Waals surface area contributed by atoms with Gasteiger partial charge in [-0.25, -0.2) is 4.68 Å². The van der Waals surface area contributed by atoms with Crippen LogP contribution in [-0.4, -0.2) is 64.9 Å². The van der Waals surface area contributed by atoms with E-state index in [-0.39, 0.29) is 17.3 Å². The molecule has 0 saturated carbocycles. The third-order valence-corrected chi connectivity index (χ3v) is 5.52. The van der Waals surface area contributed by atoms with E-state index < -0.39 is 4.92 Å². The van der Waals surface area contributed by atoms with Crippen LogP contribution in [0, 0.1) is 10.1 Å². The summed E-state index contributed by atoms with van der Waals surface area (Å²) in [6.45, 7) is 4.21. The number of nitro groups is 1. The number of amides is 1. The second kappa shape index (κ2) is 9.90. The first-order chi connectivity index (χ1) is 15.5. The number of hydrogen-bond acceptors (Lipinski definition) is 6. The zero-order chi connectivity index (χ0) is 22.5. The van der Waals surface area contributed by atoms with Gasteiger partial charge in [0.1, 0.15) is 5.69 Å². The van der Waals surface area contributed by atoms with Crippen molar-refractivity contribution in [1.82, 2.24) is 20.0 Å². The fourth-order valence-electron chi connectivity index (χ4n) is 3.52. The number of aromatic nitrogens is 2. The van der Waals surface area contributed by atoms with Crippen LogP contribution in [0.3, 0.4) is 0 Å². The van der Waals surface area contributed by atoms with Gasteiger partial charge in [0.15, 0.2) is 0 Å². The maximum absolute atomic E-state index is 13.0. The first-order valence-electron chi connectivity index (χ1n) is 10.2. The van der Waals surface area contributed by atoms with Gasteiger partial charge in [-0.1, -0.05) is 35.9 Å². The topological polar surface area (TPSA) is 103 Å². The van der Waals surface area contributed by atoms with Crippen molar-refractivity contribution in [1.29, 1.82) is 0 Å². The highest BCUT2D eigenvalue weighted by Crippen LogP contribution is 2.28. The number of nitrogens with one attached hydrogen (secondary N) is 1. The second-order valence-electron chi connectivity index (χ2n) is 7.29. The highest BCUT2D eigenvalue weighted by atomic mass is 35.5. The summed E-state index contributed by atoms with van der Waals surface area (Å²) in [5.74, 6) is -0.324. The molecule has 2 aromatic carbocycles. The molecular weight excluding hydrogens is 434 g/mol. The van der Waals surface area contributed by atoms with Crippen LogP contribution in [0.15, 0.2) is 54.6 Å². The fourth-order valence-corrected chi connectivity index (χ4v) is 3.75. The number of rotatable bonds is 7. The zero-order valence-corrected chi connectivity index (χ0v) is 18.0. The number of nitro benzene ring substituents is 1. The van der Waals surface area contributed by atoms with Gasteiger partial charge < -0.3 is 10.1 Å². The van der Waals surface area contributed by atoms with Crippen molar-refractivity contribution in [2.45, 2.75) is 0 Å². The first-order valence-corrected chi connectivity index (χ1v) is 10.6. The van der Waals surface area contributed by atoms with Crippen LogP contribution >= 0.6 is 11.6 Å². The number of carbonyl (C=O) groups is 1. The third kappa shape index (κ3) is 4.96. The fraction of sp³-hybridized carbons (Fsp3) is 0.273. The van der Waals surface area contributed by atoms with Gasteiger partial charge in [0.25, 0.3) is 11.6 Å². The van der Waals surface area contributed by atoms with Crippen molar-refractivity contribution in [2.75, 3.05) is 39.4 Å². The molecule has 9 nitrogen and oxygen atoms in total. The smallest absolute Gasteiger partial charge is 0.271 e. The number of hydrogen-bond donors (Lipinski definition) is 1. The number of ether oxygens (including phenoxy) is 1. The monoisotopic (exact) mass is 455 g/mol. The van der Waals surface area contributed by atoms with E-state index in [0.717, 1.165) is 13.1 Å². The summed E-state index contributed by atoms with van der Waals surface area (Å²) in [6.07, 6.45) is 0. The highest BCUT2D eigenvalue weighted by molar-refractivity contribution is 6.33. The Labute approximate surface area is 189 Å². The molecule has 0 spiro atoms. The van der Waals surface area contributed by atoms with Crippen LogP contribution in [0.5, 0.6) is 0 Å². The predicted molar refractivity (Wildman–Crippen MR) is 120 cm³/mol. The largest absolute Gasteiger partial charge is 0.379 e. The van der Waals surface area contributed by atoms with Crippen molar-refractivity contribution in [3.05, 3.63) is 75.4 Å². The third-order valence-electron chi connectivity index (χ3n) is 5.19. The van der Waals surface area contributed by atoms with Gasteiger partial charge in [-0.2, -0.15) is 5.10 Å². The lowest BCUT2D eigenvalue weighted by Gasteiger charge is -2.26. The Bertz CT molecular complexity index is 1130. The summed E-state index contributed by atoms with van der Waals surface area (Å²) in [5, 5.41) is 19.2. The number of morpholine rings is 1. The van der Waals surface area contributed by atoms with Crippen molar-refractivity contribution in [3.8, 4) is 16.9 Å². The van der Waals surface area contributed by atoms with Crippen molar-refractivity contribution < 1.29 is 14.5 Å². The predicted octanol–water partition coefficient (Wildman–Crippen LogP) is 3.16. The molecule has 0 aliphatic carbocycles. The molecular formula is C22H22ClN5O4. The van der Waals surface area contributed by atoms with Gasteiger partial charge in [0.05, 0.1) is 34.5 Å². The molecule has 0 bridgehead atoms. The van der Waals surface area contributed by atoms with Crippen LogP contribution in [0.2, 0.25) is 5.02 Å². The standard InChI is InChI=1S/C22H22ClN5O4/c23-19-7-2-1-6-18(19)20-15-21(22(29)24-8-9-26-10-12-32-13-11-26)27(25-20)16-4-3-5-17(14-16)28(30)31/h1-7,14-15H,8-13H2,(H,24,29). The molecule has 1 aromatic heterocycles. The van der Waals surface area contributed by atoms with E-state index in [0.29, 0.717) is 48.3 Å². The lowest BCUT2D eigenvalue weighted by Crippen LogP contribution is -2.41. The Kier molecular flexibility index (Phi) is 6.79. The first kappa shape index (κ1) is 21.9. The van der Waals surface area contributed by atoms with Crippen LogP contribution in [0.1, 0.15) is 10.5 Å². The lowest BCUT2D eigenvalue weighted by molar-refractivity contribution is -0.384. The SMILES string of the molecule is O=C(NCCN1CCOCC1)c1cc(-c2ccccc2Cl)nn1-c1cccc([N+](=O)[O-])c1. The Morgan fingerprint density at radius 3 is 2.69 bits per heavy atom. The minimum absolute atomic E-state index is 0.0871. The molecule has 1 N–H and O–H groups in total. The Hall–Kier alpha value is -3.27. The van der Waals surface area contributed by atoms with E-state index >= 15 is 0 Å². The summed E-state index contributed by atoms with van der Waals surface area (Å²) < 4.78 is 6.76. The minimum atomic E-state index is -0.482. The summed E-state index contributed by atoms with van der Waals surface area (Å²) in [6, 6.07) is 14.8. The van der Waals surface area contributed by atoms with Crippen molar-refractivity contribution in [2.24, 2.45) is 0 Å². The van der Waals surface area contributed by atoms with E-state index in [4.69, 9.17) is 16.3 Å². The van der Waals surface area contributed by atoms with Gasteiger partial charge in [-0.05, 0) is 18.2 Å².